The van der Waals surface area contributed by atoms with Crippen LogP contribution in [0.5, 0.6) is 17.2 Å². The number of aliphatic hydroxyl groups excluding tert-OH is 2. The molecule has 1 aromatic carbocycles. The van der Waals surface area contributed by atoms with E-state index in [4.69, 9.17) is 19.0 Å². The van der Waals surface area contributed by atoms with E-state index >= 15 is 0 Å². The van der Waals surface area contributed by atoms with Crippen LogP contribution in [0.15, 0.2) is 27.4 Å². The predicted molar refractivity (Wildman–Crippen MR) is 102 cm³/mol. The SMILES string of the molecule is CCCCCCCCOc1c(O)c2cc(OCC(O)CO)ccc2oc1=O. The molecule has 0 amide bonds. The van der Waals surface area contributed by atoms with E-state index in [1.165, 1.54) is 31.4 Å². The quantitative estimate of drug-likeness (QED) is 0.384. The zero-order valence-corrected chi connectivity index (χ0v) is 15.6. The van der Waals surface area contributed by atoms with Gasteiger partial charge in [0, 0.05) is 0 Å². The van der Waals surface area contributed by atoms with Gasteiger partial charge in [-0.15, -0.1) is 0 Å². The standard InChI is InChI=1S/C20H28O7/c1-2-3-4-5-6-7-10-25-19-18(23)16-11-15(26-13-14(22)12-21)8-9-17(16)27-20(19)24/h8-9,11,14,21-23H,2-7,10,12-13H2,1H3. The van der Waals surface area contributed by atoms with Gasteiger partial charge in [0.15, 0.2) is 5.75 Å². The Morgan fingerprint density at radius 2 is 1.85 bits per heavy atom. The van der Waals surface area contributed by atoms with Crippen molar-refractivity contribution >= 4 is 11.0 Å². The Morgan fingerprint density at radius 1 is 1.11 bits per heavy atom. The predicted octanol–water partition coefficient (Wildman–Crippen LogP) is 2.97. The molecule has 1 unspecified atom stereocenters. The Kier molecular flexibility index (Phi) is 8.42. The van der Waals surface area contributed by atoms with E-state index < -0.39 is 18.3 Å². The van der Waals surface area contributed by atoms with E-state index in [1.54, 1.807) is 6.07 Å². The second kappa shape index (κ2) is 10.8. The Labute approximate surface area is 158 Å². The van der Waals surface area contributed by atoms with Gasteiger partial charge in [0.1, 0.15) is 24.0 Å². The minimum atomic E-state index is -1.00. The summed E-state index contributed by atoms with van der Waals surface area (Å²) in [5.74, 6) is -0.134. The molecule has 0 bridgehead atoms. The normalized spacial score (nSPS) is 12.3. The van der Waals surface area contributed by atoms with Gasteiger partial charge >= 0.3 is 5.63 Å². The molecule has 0 aliphatic rings. The van der Waals surface area contributed by atoms with E-state index in [9.17, 15) is 15.0 Å². The van der Waals surface area contributed by atoms with Crippen LogP contribution in [0.3, 0.4) is 0 Å². The molecule has 2 rings (SSSR count). The third-order valence-corrected chi connectivity index (χ3v) is 4.21. The number of fused-ring (bicyclic) bond motifs is 1. The van der Waals surface area contributed by atoms with Crippen LogP contribution in [0.2, 0.25) is 0 Å². The average Bonchev–Trinajstić information content (AvgIpc) is 2.67. The van der Waals surface area contributed by atoms with Crippen molar-refractivity contribution in [3.63, 3.8) is 0 Å². The van der Waals surface area contributed by atoms with E-state index in [2.05, 4.69) is 6.92 Å². The number of ether oxygens (including phenoxy) is 2. The average molecular weight is 380 g/mol. The highest BCUT2D eigenvalue weighted by Gasteiger charge is 2.16. The molecule has 150 valence electrons. The first kappa shape index (κ1) is 21.1. The van der Waals surface area contributed by atoms with Crippen molar-refractivity contribution in [1.29, 1.82) is 0 Å². The lowest BCUT2D eigenvalue weighted by atomic mass is 10.1. The molecule has 0 spiro atoms. The van der Waals surface area contributed by atoms with Gasteiger partial charge in [0.25, 0.3) is 0 Å². The van der Waals surface area contributed by atoms with E-state index in [1.807, 2.05) is 0 Å². The zero-order chi connectivity index (χ0) is 19.6. The Morgan fingerprint density at radius 3 is 2.59 bits per heavy atom. The van der Waals surface area contributed by atoms with Crippen LogP contribution in [0, 0.1) is 0 Å². The molecular formula is C20H28O7. The first-order valence-electron chi connectivity index (χ1n) is 9.41. The molecule has 0 fully saturated rings. The number of hydrogen-bond acceptors (Lipinski definition) is 7. The molecule has 0 aliphatic carbocycles. The molecule has 7 nitrogen and oxygen atoms in total. The topological polar surface area (TPSA) is 109 Å². The fourth-order valence-electron chi connectivity index (χ4n) is 2.67. The molecule has 1 atom stereocenters. The van der Waals surface area contributed by atoms with E-state index in [0.29, 0.717) is 12.4 Å². The molecule has 0 saturated carbocycles. The first-order chi connectivity index (χ1) is 13.1. The minimum Gasteiger partial charge on any atom is -0.504 e. The maximum Gasteiger partial charge on any atom is 0.383 e. The molecular weight excluding hydrogens is 352 g/mol. The van der Waals surface area contributed by atoms with Gasteiger partial charge in [-0.25, -0.2) is 4.79 Å². The van der Waals surface area contributed by atoms with Gasteiger partial charge in [-0.1, -0.05) is 39.0 Å². The van der Waals surface area contributed by atoms with Gasteiger partial charge in [-0.05, 0) is 24.6 Å². The highest BCUT2D eigenvalue weighted by Crippen LogP contribution is 2.33. The summed E-state index contributed by atoms with van der Waals surface area (Å²) in [5.41, 5.74) is -0.519. The zero-order valence-electron chi connectivity index (χ0n) is 15.6. The van der Waals surface area contributed by atoms with Gasteiger partial charge in [0.05, 0.1) is 18.6 Å². The van der Waals surface area contributed by atoms with Crippen molar-refractivity contribution < 1.29 is 29.2 Å². The maximum atomic E-state index is 12.1. The number of benzene rings is 1. The molecule has 0 aliphatic heterocycles. The van der Waals surface area contributed by atoms with Crippen LogP contribution in [0.4, 0.5) is 0 Å². The molecule has 1 aromatic heterocycles. The van der Waals surface area contributed by atoms with Crippen molar-refractivity contribution in [2.24, 2.45) is 0 Å². The number of unbranched alkanes of at least 4 members (excludes halogenated alkanes) is 5. The van der Waals surface area contributed by atoms with Crippen LogP contribution in [0.1, 0.15) is 45.4 Å². The van der Waals surface area contributed by atoms with Crippen molar-refractivity contribution in [3.05, 3.63) is 28.6 Å². The summed E-state index contributed by atoms with van der Waals surface area (Å²) in [7, 11) is 0. The number of rotatable bonds is 12. The lowest BCUT2D eigenvalue weighted by Gasteiger charge is -2.12. The summed E-state index contributed by atoms with van der Waals surface area (Å²) < 4.78 is 16.0. The molecule has 0 saturated heterocycles. The first-order valence-corrected chi connectivity index (χ1v) is 9.41. The number of aromatic hydroxyl groups is 1. The number of hydrogen-bond donors (Lipinski definition) is 3. The van der Waals surface area contributed by atoms with Gasteiger partial charge in [-0.3, -0.25) is 0 Å². The molecule has 1 heterocycles. The molecule has 7 heteroatoms. The monoisotopic (exact) mass is 380 g/mol. The smallest absolute Gasteiger partial charge is 0.383 e. The summed E-state index contributed by atoms with van der Waals surface area (Å²) in [6, 6.07) is 4.54. The van der Waals surface area contributed by atoms with Crippen molar-refractivity contribution in [3.8, 4) is 17.2 Å². The minimum absolute atomic E-state index is 0.0963. The van der Waals surface area contributed by atoms with Gasteiger partial charge in [-0.2, -0.15) is 0 Å². The maximum absolute atomic E-state index is 12.1. The Bertz CT molecular complexity index is 769. The van der Waals surface area contributed by atoms with Gasteiger partial charge < -0.3 is 29.2 Å². The highest BCUT2D eigenvalue weighted by atomic mass is 16.5. The largest absolute Gasteiger partial charge is 0.504 e. The Balaban J connectivity index is 2.04. The lowest BCUT2D eigenvalue weighted by molar-refractivity contribution is 0.0536. The fraction of sp³-hybridized carbons (Fsp3) is 0.550. The summed E-state index contributed by atoms with van der Waals surface area (Å²) >= 11 is 0. The summed E-state index contributed by atoms with van der Waals surface area (Å²) in [6.45, 7) is 1.98. The third-order valence-electron chi connectivity index (χ3n) is 4.21. The summed E-state index contributed by atoms with van der Waals surface area (Å²) in [5, 5.41) is 28.9. The second-order valence-electron chi connectivity index (χ2n) is 6.49. The lowest BCUT2D eigenvalue weighted by Crippen LogP contribution is -2.21. The van der Waals surface area contributed by atoms with E-state index in [0.717, 1.165) is 19.3 Å². The Hall–Kier alpha value is -2.25. The van der Waals surface area contributed by atoms with Crippen LogP contribution in [-0.2, 0) is 0 Å². The summed E-state index contributed by atoms with van der Waals surface area (Å²) in [6.07, 6.45) is 5.51. The second-order valence-corrected chi connectivity index (χ2v) is 6.49. The van der Waals surface area contributed by atoms with Crippen molar-refractivity contribution in [2.75, 3.05) is 19.8 Å². The fourth-order valence-corrected chi connectivity index (χ4v) is 2.67. The van der Waals surface area contributed by atoms with Gasteiger partial charge in [0.2, 0.25) is 5.75 Å². The van der Waals surface area contributed by atoms with Crippen molar-refractivity contribution in [1.82, 2.24) is 0 Å². The highest BCUT2D eigenvalue weighted by molar-refractivity contribution is 5.86. The van der Waals surface area contributed by atoms with Crippen LogP contribution < -0.4 is 15.1 Å². The van der Waals surface area contributed by atoms with Crippen LogP contribution in [0.25, 0.3) is 11.0 Å². The molecule has 0 radical (unpaired) electrons. The number of aliphatic hydroxyl groups is 2. The molecule has 3 N–H and O–H groups in total. The van der Waals surface area contributed by atoms with Crippen LogP contribution in [-0.4, -0.2) is 41.2 Å². The summed E-state index contributed by atoms with van der Waals surface area (Å²) in [4.78, 5) is 12.1. The molecule has 2 aromatic rings. The van der Waals surface area contributed by atoms with Crippen LogP contribution >= 0.6 is 0 Å². The third kappa shape index (κ3) is 6.15. The molecule has 27 heavy (non-hydrogen) atoms. The van der Waals surface area contributed by atoms with E-state index in [-0.39, 0.29) is 29.1 Å². The van der Waals surface area contributed by atoms with Crippen molar-refractivity contribution in [2.45, 2.75) is 51.6 Å².